The Labute approximate surface area is 271 Å². The van der Waals surface area contributed by atoms with Crippen molar-refractivity contribution in [1.29, 1.82) is 0 Å². The number of nitrogens with zero attached hydrogens (tertiary/aromatic N) is 2. The van der Waals surface area contributed by atoms with Gasteiger partial charge in [0.25, 0.3) is 0 Å². The molecule has 0 aliphatic rings. The van der Waals surface area contributed by atoms with Crippen molar-refractivity contribution in [3.05, 3.63) is 163 Å². The number of benzene rings is 4. The molecule has 1 atom stereocenters. The maximum atomic E-state index is 4.59. The van der Waals surface area contributed by atoms with Crippen molar-refractivity contribution < 1.29 is 20.1 Å². The smallest absolute Gasteiger partial charge is 0.0795 e. The molecule has 1 unspecified atom stereocenters. The molecule has 217 valence electrons. The summed E-state index contributed by atoms with van der Waals surface area (Å²) in [4.78, 5) is 9.11. The summed E-state index contributed by atoms with van der Waals surface area (Å²) < 4.78 is 0. The van der Waals surface area contributed by atoms with Crippen molar-refractivity contribution in [2.75, 3.05) is 0 Å². The second-order valence-corrected chi connectivity index (χ2v) is 16.5. The van der Waals surface area contributed by atoms with Crippen LogP contribution in [0.2, 0.25) is 19.6 Å². The Morgan fingerprint density at radius 3 is 1.93 bits per heavy atom. The molecule has 4 heteroatoms. The van der Waals surface area contributed by atoms with Crippen molar-refractivity contribution in [1.82, 2.24) is 9.97 Å². The van der Waals surface area contributed by atoms with Crippen LogP contribution in [0.15, 0.2) is 140 Å². The van der Waals surface area contributed by atoms with Crippen LogP contribution < -0.4 is 5.19 Å². The van der Waals surface area contributed by atoms with Crippen LogP contribution in [-0.2, 0) is 20.1 Å². The third kappa shape index (κ3) is 8.55. The van der Waals surface area contributed by atoms with Crippen molar-refractivity contribution in [2.24, 2.45) is 0 Å². The molecule has 6 rings (SSSR count). The summed E-state index contributed by atoms with van der Waals surface area (Å²) in [5.74, 6) is 0.329. The molecular weight excluding hydrogens is 717 g/mol. The molecule has 0 aliphatic heterocycles. The Bertz CT molecular complexity index is 1700. The number of hydrogen-bond acceptors (Lipinski definition) is 2. The van der Waals surface area contributed by atoms with Gasteiger partial charge in [-0.2, -0.15) is 0 Å². The first-order chi connectivity index (χ1) is 20.4. The van der Waals surface area contributed by atoms with Gasteiger partial charge in [-0.3, -0.25) is 0 Å². The van der Waals surface area contributed by atoms with E-state index in [2.05, 4.69) is 140 Å². The zero-order valence-electron chi connectivity index (χ0n) is 25.1. The van der Waals surface area contributed by atoms with E-state index in [1.165, 1.54) is 27.4 Å². The summed E-state index contributed by atoms with van der Waals surface area (Å²) in [7, 11) is -1.23. The first-order valence-corrected chi connectivity index (χ1v) is 17.9. The Kier molecular flexibility index (Phi) is 11.1. The molecule has 0 spiro atoms. The van der Waals surface area contributed by atoms with Crippen LogP contribution in [0.3, 0.4) is 0 Å². The largest absolute Gasteiger partial charge is 0.305 e. The molecule has 0 saturated heterocycles. The molecule has 2 nitrogen and oxygen atoms in total. The van der Waals surface area contributed by atoms with E-state index >= 15 is 0 Å². The SMILES string of the molecule is CC(c1ccccc1)c1ccnc(-c2[c-]ccc(-c3ccccc3)c2)c1.C[Si](C)(C)c1ccc(-c2[c-]cccc2)nc1.[Ir]. The van der Waals surface area contributed by atoms with Gasteiger partial charge in [0.1, 0.15) is 0 Å². The van der Waals surface area contributed by atoms with Crippen LogP contribution in [0, 0.1) is 12.1 Å². The molecule has 0 amide bonds. The minimum absolute atomic E-state index is 0. The van der Waals surface area contributed by atoms with Gasteiger partial charge in [0.2, 0.25) is 0 Å². The zero-order valence-corrected chi connectivity index (χ0v) is 28.5. The van der Waals surface area contributed by atoms with Gasteiger partial charge in [-0.15, -0.1) is 71.3 Å². The van der Waals surface area contributed by atoms with Crippen LogP contribution >= 0.6 is 0 Å². The van der Waals surface area contributed by atoms with E-state index in [1.54, 1.807) is 0 Å². The first kappa shape index (κ1) is 32.0. The molecule has 6 aromatic rings. The summed E-state index contributed by atoms with van der Waals surface area (Å²) in [6, 6.07) is 50.3. The zero-order chi connectivity index (χ0) is 29.4. The molecular formula is C39H36IrN2Si-2. The van der Waals surface area contributed by atoms with Gasteiger partial charge in [0, 0.05) is 38.4 Å². The van der Waals surface area contributed by atoms with Crippen molar-refractivity contribution >= 4 is 13.3 Å². The number of rotatable bonds is 6. The summed E-state index contributed by atoms with van der Waals surface area (Å²) >= 11 is 0. The Morgan fingerprint density at radius 1 is 0.581 bits per heavy atom. The van der Waals surface area contributed by atoms with Gasteiger partial charge < -0.3 is 9.97 Å². The van der Waals surface area contributed by atoms with Crippen molar-refractivity contribution in [3.8, 4) is 33.6 Å². The van der Waals surface area contributed by atoms with Gasteiger partial charge in [-0.25, -0.2) is 0 Å². The molecule has 4 aromatic carbocycles. The molecule has 2 aromatic heterocycles. The van der Waals surface area contributed by atoms with E-state index in [1.807, 2.05) is 48.8 Å². The van der Waals surface area contributed by atoms with Gasteiger partial charge in [-0.1, -0.05) is 105 Å². The molecule has 0 fully saturated rings. The Balaban J connectivity index is 0.000000215. The third-order valence-corrected chi connectivity index (χ3v) is 9.41. The van der Waals surface area contributed by atoms with Crippen LogP contribution in [-0.4, -0.2) is 18.0 Å². The number of pyridine rings is 2. The van der Waals surface area contributed by atoms with E-state index in [0.29, 0.717) is 5.92 Å². The average Bonchev–Trinajstić information content (AvgIpc) is 3.06. The number of aromatic nitrogens is 2. The quantitative estimate of drug-likeness (QED) is 0.125. The predicted octanol–water partition coefficient (Wildman–Crippen LogP) is 9.46. The van der Waals surface area contributed by atoms with Gasteiger partial charge in [-0.05, 0) is 39.3 Å². The van der Waals surface area contributed by atoms with Crippen molar-refractivity contribution in [2.45, 2.75) is 32.5 Å². The minimum atomic E-state index is -1.23. The summed E-state index contributed by atoms with van der Waals surface area (Å²) in [6.45, 7) is 9.23. The average molecular weight is 753 g/mol. The molecule has 1 radical (unpaired) electrons. The monoisotopic (exact) mass is 753 g/mol. The van der Waals surface area contributed by atoms with Crippen LogP contribution in [0.25, 0.3) is 33.6 Å². The Morgan fingerprint density at radius 2 is 1.28 bits per heavy atom. The third-order valence-electron chi connectivity index (χ3n) is 7.38. The first-order valence-electron chi connectivity index (χ1n) is 14.4. The molecule has 2 heterocycles. The fourth-order valence-corrected chi connectivity index (χ4v) is 5.81. The molecule has 0 saturated carbocycles. The van der Waals surface area contributed by atoms with Gasteiger partial charge in [0.05, 0.1) is 8.07 Å². The Hall–Kier alpha value is -3.95. The van der Waals surface area contributed by atoms with Crippen LogP contribution in [0.1, 0.15) is 24.0 Å². The van der Waals surface area contributed by atoms with E-state index in [4.69, 9.17) is 0 Å². The van der Waals surface area contributed by atoms with E-state index in [0.717, 1.165) is 22.5 Å². The van der Waals surface area contributed by atoms with E-state index < -0.39 is 8.07 Å². The summed E-state index contributed by atoms with van der Waals surface area (Å²) in [6.07, 6.45) is 3.91. The fraction of sp³-hybridized carbons (Fsp3) is 0.128. The standard InChI is InChI=1S/C25H20N.C14H16NSi.Ir/c1-19(20-9-4-2-5-10-20)22-15-16-26-25(18-22)24-14-8-13-23(17-24)21-11-6-3-7-12-21;1-16(2,3)13-9-10-14(15-11-13)12-7-5-4-6-8-12;/h2-13,15-19H,1H3;4-7,9-11H,1-3H3;/q2*-1;. The minimum Gasteiger partial charge on any atom is -0.305 e. The predicted molar refractivity (Wildman–Crippen MR) is 179 cm³/mol. The molecule has 0 N–H and O–H groups in total. The topological polar surface area (TPSA) is 25.8 Å². The second-order valence-electron chi connectivity index (χ2n) is 11.4. The normalized spacial score (nSPS) is 11.4. The van der Waals surface area contributed by atoms with E-state index in [-0.39, 0.29) is 20.1 Å². The molecule has 0 bridgehead atoms. The summed E-state index contributed by atoms with van der Waals surface area (Å²) in [5, 5.41) is 1.40. The van der Waals surface area contributed by atoms with Crippen LogP contribution in [0.5, 0.6) is 0 Å². The van der Waals surface area contributed by atoms with E-state index in [9.17, 15) is 0 Å². The molecule has 43 heavy (non-hydrogen) atoms. The maximum absolute atomic E-state index is 4.59. The maximum Gasteiger partial charge on any atom is 0.0795 e. The fourth-order valence-electron chi connectivity index (χ4n) is 4.77. The van der Waals surface area contributed by atoms with Crippen LogP contribution in [0.4, 0.5) is 0 Å². The van der Waals surface area contributed by atoms with Gasteiger partial charge in [0.15, 0.2) is 0 Å². The molecule has 0 aliphatic carbocycles. The van der Waals surface area contributed by atoms with Crippen molar-refractivity contribution in [3.63, 3.8) is 0 Å². The van der Waals surface area contributed by atoms with Gasteiger partial charge >= 0.3 is 0 Å². The number of hydrogen-bond donors (Lipinski definition) is 0. The summed E-state index contributed by atoms with van der Waals surface area (Å²) in [5.41, 5.74) is 9.01. The second kappa shape index (κ2) is 15.0.